The van der Waals surface area contributed by atoms with E-state index in [1.54, 1.807) is 19.3 Å². The maximum absolute atomic E-state index is 4.50. The molecule has 4 aliphatic carbocycles. The van der Waals surface area contributed by atoms with Gasteiger partial charge in [0.25, 0.3) is 0 Å². The van der Waals surface area contributed by atoms with Crippen molar-refractivity contribution >= 4 is 0 Å². The highest BCUT2D eigenvalue weighted by molar-refractivity contribution is 5.08. The Kier molecular flexibility index (Phi) is 8.90. The molecule has 0 aromatic rings. The maximum atomic E-state index is 4.50. The van der Waals surface area contributed by atoms with Gasteiger partial charge < -0.3 is 17.2 Å². The molecule has 4 rings (SSSR count). The summed E-state index contributed by atoms with van der Waals surface area (Å²) in [7, 11) is 4.50. The van der Waals surface area contributed by atoms with Crippen LogP contribution in [0, 0.1) is 23.7 Å². The minimum Gasteiger partial charge on any atom is -0.333 e. The van der Waals surface area contributed by atoms with E-state index < -0.39 is 0 Å². The Labute approximate surface area is 101 Å². The Balaban J connectivity index is 0.000000332. The summed E-state index contributed by atoms with van der Waals surface area (Å²) < 4.78 is 0. The highest BCUT2D eigenvalue weighted by atomic mass is 14.5. The zero-order valence-electron chi connectivity index (χ0n) is 11.2. The minimum atomic E-state index is 1.14. The molecule has 4 bridgehead atoms. The summed E-state index contributed by atoms with van der Waals surface area (Å²) in [4.78, 5) is 0. The SMILES string of the molecule is C1[C]2CC3CC1CC(C2)C3.CN.CN.CN. The minimum absolute atomic E-state index is 1.14. The van der Waals surface area contributed by atoms with Crippen LogP contribution in [0.2, 0.25) is 0 Å². The van der Waals surface area contributed by atoms with Crippen LogP contribution in [0.3, 0.4) is 0 Å². The van der Waals surface area contributed by atoms with Crippen molar-refractivity contribution in [2.75, 3.05) is 21.1 Å². The molecule has 0 unspecified atom stereocenters. The average molecular weight is 228 g/mol. The Bertz CT molecular complexity index is 103. The van der Waals surface area contributed by atoms with Crippen molar-refractivity contribution in [2.45, 2.75) is 38.5 Å². The molecule has 97 valence electrons. The van der Waals surface area contributed by atoms with Crippen LogP contribution in [0.4, 0.5) is 0 Å². The summed E-state index contributed by atoms with van der Waals surface area (Å²) >= 11 is 0. The Morgan fingerprint density at radius 2 is 0.875 bits per heavy atom. The predicted molar refractivity (Wildman–Crippen MR) is 71.7 cm³/mol. The third kappa shape index (κ3) is 4.04. The molecule has 0 spiro atoms. The van der Waals surface area contributed by atoms with E-state index in [9.17, 15) is 0 Å². The van der Waals surface area contributed by atoms with Crippen LogP contribution >= 0.6 is 0 Å². The standard InChI is InChI=1S/C10H15.3CH5N/c1-7-2-9-4-8(1)5-10(3-7)6-9;3*1-2/h7-9H,1-6H2;3*2H2,1H3. The van der Waals surface area contributed by atoms with Crippen molar-refractivity contribution < 1.29 is 0 Å². The highest BCUT2D eigenvalue weighted by Crippen LogP contribution is 2.54. The van der Waals surface area contributed by atoms with Gasteiger partial charge in [0.1, 0.15) is 0 Å². The molecule has 1 radical (unpaired) electrons. The Hall–Kier alpha value is -0.120. The third-order valence-electron chi connectivity index (χ3n) is 3.73. The van der Waals surface area contributed by atoms with Crippen LogP contribution in [0.5, 0.6) is 0 Å². The van der Waals surface area contributed by atoms with E-state index in [0.29, 0.717) is 0 Å². The van der Waals surface area contributed by atoms with Crippen molar-refractivity contribution in [3.63, 3.8) is 0 Å². The van der Waals surface area contributed by atoms with Gasteiger partial charge in [-0.15, -0.1) is 0 Å². The van der Waals surface area contributed by atoms with Gasteiger partial charge in [-0.1, -0.05) is 0 Å². The van der Waals surface area contributed by atoms with Gasteiger partial charge in [-0.25, -0.2) is 0 Å². The lowest BCUT2D eigenvalue weighted by atomic mass is 9.56. The third-order valence-corrected chi connectivity index (χ3v) is 3.73. The number of hydrogen-bond donors (Lipinski definition) is 3. The van der Waals surface area contributed by atoms with Gasteiger partial charge in [-0.2, -0.15) is 0 Å². The summed E-state index contributed by atoms with van der Waals surface area (Å²) in [5.41, 5.74) is 13.5. The summed E-state index contributed by atoms with van der Waals surface area (Å²) in [5, 5.41) is 0. The first-order valence-corrected chi connectivity index (χ1v) is 6.47. The molecule has 4 aliphatic rings. The fourth-order valence-electron chi connectivity index (χ4n) is 3.68. The number of hydrogen-bond acceptors (Lipinski definition) is 3. The molecular formula is C13H30N3. The fraction of sp³-hybridized carbons (Fsp3) is 0.923. The van der Waals surface area contributed by atoms with E-state index in [4.69, 9.17) is 0 Å². The molecule has 0 saturated heterocycles. The molecule has 4 saturated carbocycles. The van der Waals surface area contributed by atoms with Gasteiger partial charge in [-0.05, 0) is 83.3 Å². The lowest BCUT2D eigenvalue weighted by molar-refractivity contribution is 0.0920. The van der Waals surface area contributed by atoms with Gasteiger partial charge in [0.2, 0.25) is 0 Å². The molecule has 0 atom stereocenters. The topological polar surface area (TPSA) is 78.1 Å². The van der Waals surface area contributed by atoms with Crippen molar-refractivity contribution in [1.29, 1.82) is 0 Å². The molecule has 0 aliphatic heterocycles. The summed E-state index contributed by atoms with van der Waals surface area (Å²) in [6, 6.07) is 0. The summed E-state index contributed by atoms with van der Waals surface area (Å²) in [6.07, 6.45) is 9.31. The van der Waals surface area contributed by atoms with Crippen LogP contribution in [0.15, 0.2) is 0 Å². The lowest BCUT2D eigenvalue weighted by Gasteiger charge is -2.49. The fourth-order valence-corrected chi connectivity index (χ4v) is 3.68. The van der Waals surface area contributed by atoms with Gasteiger partial charge in [0, 0.05) is 0 Å². The smallest absolute Gasteiger partial charge is 0.0195 e. The van der Waals surface area contributed by atoms with Gasteiger partial charge in [-0.3, -0.25) is 0 Å². The van der Waals surface area contributed by atoms with Crippen LogP contribution in [0.25, 0.3) is 0 Å². The molecule has 0 heterocycles. The average Bonchev–Trinajstić information content (AvgIpc) is 2.35. The molecule has 0 aromatic heterocycles. The molecule has 0 aromatic carbocycles. The van der Waals surface area contributed by atoms with E-state index in [-0.39, 0.29) is 0 Å². The molecule has 4 fully saturated rings. The van der Waals surface area contributed by atoms with Crippen molar-refractivity contribution in [2.24, 2.45) is 35.0 Å². The maximum Gasteiger partial charge on any atom is -0.0195 e. The van der Waals surface area contributed by atoms with E-state index in [1.165, 1.54) is 40.4 Å². The highest BCUT2D eigenvalue weighted by Gasteiger charge is 2.42. The first-order chi connectivity index (χ1) is 7.90. The molecule has 3 heteroatoms. The molecule has 6 N–H and O–H groups in total. The largest absolute Gasteiger partial charge is 0.333 e. The first kappa shape index (κ1) is 15.9. The van der Waals surface area contributed by atoms with Crippen LogP contribution in [0.1, 0.15) is 38.5 Å². The van der Waals surface area contributed by atoms with Gasteiger partial charge >= 0.3 is 0 Å². The second-order valence-corrected chi connectivity index (χ2v) is 4.67. The van der Waals surface area contributed by atoms with Gasteiger partial charge in [0.05, 0.1) is 0 Å². The lowest BCUT2D eigenvalue weighted by Crippen LogP contribution is -2.37. The van der Waals surface area contributed by atoms with Crippen LogP contribution in [-0.4, -0.2) is 21.1 Å². The normalized spacial score (nSPS) is 33.8. The van der Waals surface area contributed by atoms with Crippen molar-refractivity contribution in [1.82, 2.24) is 0 Å². The van der Waals surface area contributed by atoms with Crippen LogP contribution in [-0.2, 0) is 0 Å². The van der Waals surface area contributed by atoms with Crippen LogP contribution < -0.4 is 17.2 Å². The molecule has 16 heavy (non-hydrogen) atoms. The number of nitrogens with two attached hydrogens (primary N) is 3. The Morgan fingerprint density at radius 3 is 1.06 bits per heavy atom. The van der Waals surface area contributed by atoms with E-state index in [0.717, 1.165) is 17.8 Å². The Morgan fingerprint density at radius 1 is 0.625 bits per heavy atom. The zero-order valence-corrected chi connectivity index (χ0v) is 11.2. The quantitative estimate of drug-likeness (QED) is 0.588. The van der Waals surface area contributed by atoms with Crippen molar-refractivity contribution in [3.8, 4) is 0 Å². The summed E-state index contributed by atoms with van der Waals surface area (Å²) in [5.74, 6) is 5.35. The molecule has 3 nitrogen and oxygen atoms in total. The van der Waals surface area contributed by atoms with Gasteiger partial charge in [0.15, 0.2) is 0 Å². The second-order valence-electron chi connectivity index (χ2n) is 4.67. The van der Waals surface area contributed by atoms with E-state index >= 15 is 0 Å². The molecule has 0 amide bonds. The first-order valence-electron chi connectivity index (χ1n) is 6.47. The number of rotatable bonds is 0. The molecular weight excluding hydrogens is 198 g/mol. The summed E-state index contributed by atoms with van der Waals surface area (Å²) in [6.45, 7) is 0. The predicted octanol–water partition coefficient (Wildman–Crippen LogP) is 1.52. The second kappa shape index (κ2) is 8.97. The van der Waals surface area contributed by atoms with Crippen molar-refractivity contribution in [3.05, 3.63) is 5.92 Å². The van der Waals surface area contributed by atoms with E-state index in [2.05, 4.69) is 17.2 Å². The zero-order chi connectivity index (χ0) is 12.6. The van der Waals surface area contributed by atoms with E-state index in [1.807, 2.05) is 5.92 Å². The monoisotopic (exact) mass is 228 g/mol.